The first-order chi connectivity index (χ1) is 48.7. The van der Waals surface area contributed by atoms with E-state index >= 15 is 0 Å². The summed E-state index contributed by atoms with van der Waals surface area (Å²) >= 11 is 0. The standard InChI is InChI=1S/C81H144O17P2/c1-5-9-13-17-21-25-29-33-36-37-40-43-46-50-54-58-62-66-79(84)92-72-77(98-81(86)68-64-60-56-52-48-44-39-35-31-27-23-19-15-11-7-3)74-96-100(89,90)94-70-75(82)69-93-99(87,88)95-73-76(97-80(85)67-63-59-55-51-47-41-32-28-24-20-16-12-8-4)71-91-78(83)65-61-57-53-49-45-42-38-34-30-26-22-18-14-10-6-2/h21,25-26,30,33-36,38-40,43,50,54,75-77,82H,5-20,22-24,27-29,31-32,37,41-42,44-49,51-53,55-74H2,1-4H3,(H,87,88)(H,89,90)/b25-21-,30-26-,36-33-,38-34-,39-35-,43-40-,54-50-/t75-,76+,77+/m0/s1. The number of rotatable bonds is 75. The Hall–Kier alpha value is -3.76. The Balaban J connectivity index is 5.39. The molecule has 0 aliphatic heterocycles. The van der Waals surface area contributed by atoms with Crippen LogP contribution in [0.5, 0.6) is 0 Å². The van der Waals surface area contributed by atoms with Crippen molar-refractivity contribution in [2.75, 3.05) is 39.6 Å². The van der Waals surface area contributed by atoms with Gasteiger partial charge in [0, 0.05) is 25.7 Å². The predicted octanol–water partition coefficient (Wildman–Crippen LogP) is 23.0. The molecule has 0 amide bonds. The van der Waals surface area contributed by atoms with E-state index in [-0.39, 0.29) is 25.7 Å². The molecule has 100 heavy (non-hydrogen) atoms. The van der Waals surface area contributed by atoms with Gasteiger partial charge in [0.1, 0.15) is 19.3 Å². The minimum absolute atomic E-state index is 0.0749. The van der Waals surface area contributed by atoms with Crippen molar-refractivity contribution >= 4 is 39.5 Å². The van der Waals surface area contributed by atoms with Gasteiger partial charge in [0.25, 0.3) is 0 Å². The van der Waals surface area contributed by atoms with Crippen LogP contribution in [0.4, 0.5) is 0 Å². The van der Waals surface area contributed by atoms with E-state index < -0.39 is 97.5 Å². The number of allylic oxidation sites excluding steroid dienone is 14. The van der Waals surface area contributed by atoms with Crippen LogP contribution >= 0.6 is 15.6 Å². The summed E-state index contributed by atoms with van der Waals surface area (Å²) in [4.78, 5) is 72.9. The minimum Gasteiger partial charge on any atom is -0.462 e. The molecule has 580 valence electrons. The average Bonchev–Trinajstić information content (AvgIpc) is 1.06. The zero-order valence-corrected chi connectivity index (χ0v) is 65.2. The Morgan fingerprint density at radius 2 is 0.530 bits per heavy atom. The second kappa shape index (κ2) is 73.5. The SMILES string of the molecule is CCCCC/C=C\C/C=C\C/C=C\C/C=C\CCCC(=O)OC[C@H](COP(=O)(O)OC[C@@H](O)COP(=O)(O)OC[C@@H](COC(=O)CCCCCCC/C=C\C=C/CCCCCC)OC(=O)CCCCCCCCCCCCCCC)OC(=O)CCCCCCC/C=C\CCCCCCCC. The van der Waals surface area contributed by atoms with Crippen LogP contribution in [0.2, 0.25) is 0 Å². The molecule has 0 heterocycles. The van der Waals surface area contributed by atoms with Gasteiger partial charge in [-0.2, -0.15) is 0 Å². The van der Waals surface area contributed by atoms with E-state index in [9.17, 15) is 43.2 Å². The minimum atomic E-state index is -4.99. The number of phosphoric ester groups is 2. The lowest BCUT2D eigenvalue weighted by Gasteiger charge is -2.21. The maximum Gasteiger partial charge on any atom is 0.472 e. The first-order valence-corrected chi connectivity index (χ1v) is 42.8. The van der Waals surface area contributed by atoms with Crippen molar-refractivity contribution < 1.29 is 80.2 Å². The summed E-state index contributed by atoms with van der Waals surface area (Å²) in [6.07, 6.45) is 75.7. The van der Waals surface area contributed by atoms with Crippen molar-refractivity contribution in [3.05, 3.63) is 85.1 Å². The van der Waals surface area contributed by atoms with E-state index in [1.165, 1.54) is 135 Å². The van der Waals surface area contributed by atoms with Crippen LogP contribution < -0.4 is 0 Å². The van der Waals surface area contributed by atoms with Gasteiger partial charge in [0.2, 0.25) is 0 Å². The molecule has 0 saturated heterocycles. The molecule has 19 heteroatoms. The number of unbranched alkanes of at least 4 members (excludes halogenated alkanes) is 36. The third-order valence-electron chi connectivity index (χ3n) is 16.9. The van der Waals surface area contributed by atoms with Crippen molar-refractivity contribution in [2.24, 2.45) is 0 Å². The second-order valence-electron chi connectivity index (χ2n) is 26.7. The summed E-state index contributed by atoms with van der Waals surface area (Å²) in [5.74, 6) is -2.24. The molecule has 2 unspecified atom stereocenters. The van der Waals surface area contributed by atoms with Crippen LogP contribution in [0.15, 0.2) is 85.1 Å². The summed E-state index contributed by atoms with van der Waals surface area (Å²) in [6, 6.07) is 0. The zero-order chi connectivity index (χ0) is 73.2. The molecule has 5 atom stereocenters. The number of carbonyl (C=O) groups is 4. The van der Waals surface area contributed by atoms with E-state index in [4.69, 9.17) is 37.0 Å². The smallest absolute Gasteiger partial charge is 0.462 e. The maximum atomic E-state index is 13.1. The number of ether oxygens (including phenoxy) is 4. The van der Waals surface area contributed by atoms with Gasteiger partial charge in [-0.15, -0.1) is 0 Å². The van der Waals surface area contributed by atoms with Gasteiger partial charge >= 0.3 is 39.5 Å². The molecule has 0 aromatic rings. The normalized spacial score (nSPS) is 14.3. The zero-order valence-electron chi connectivity index (χ0n) is 63.4. The number of phosphoric acid groups is 2. The van der Waals surface area contributed by atoms with E-state index in [0.29, 0.717) is 32.1 Å². The monoisotopic (exact) mass is 1450 g/mol. The molecule has 0 saturated carbocycles. The highest BCUT2D eigenvalue weighted by Crippen LogP contribution is 2.45. The largest absolute Gasteiger partial charge is 0.472 e. The van der Waals surface area contributed by atoms with E-state index in [0.717, 1.165) is 128 Å². The van der Waals surface area contributed by atoms with Crippen molar-refractivity contribution in [1.29, 1.82) is 0 Å². The first kappa shape index (κ1) is 96.2. The lowest BCUT2D eigenvalue weighted by atomic mass is 10.0. The summed E-state index contributed by atoms with van der Waals surface area (Å²) < 4.78 is 68.5. The van der Waals surface area contributed by atoms with E-state index in [2.05, 4.69) is 101 Å². The van der Waals surface area contributed by atoms with Gasteiger partial charge in [-0.3, -0.25) is 37.3 Å². The van der Waals surface area contributed by atoms with Crippen LogP contribution in [0.3, 0.4) is 0 Å². The van der Waals surface area contributed by atoms with Gasteiger partial charge in [0.05, 0.1) is 26.4 Å². The molecule has 0 aliphatic carbocycles. The summed E-state index contributed by atoms with van der Waals surface area (Å²) in [6.45, 7) is 4.78. The molecule has 0 fully saturated rings. The van der Waals surface area contributed by atoms with Crippen molar-refractivity contribution in [1.82, 2.24) is 0 Å². The highest BCUT2D eigenvalue weighted by atomic mass is 31.2. The van der Waals surface area contributed by atoms with Crippen molar-refractivity contribution in [3.63, 3.8) is 0 Å². The van der Waals surface area contributed by atoms with Crippen LogP contribution in [-0.2, 0) is 65.4 Å². The number of aliphatic hydroxyl groups is 1. The van der Waals surface area contributed by atoms with Crippen LogP contribution in [0, 0.1) is 0 Å². The van der Waals surface area contributed by atoms with Crippen LogP contribution in [0.25, 0.3) is 0 Å². The second-order valence-corrected chi connectivity index (χ2v) is 29.6. The Morgan fingerprint density at radius 1 is 0.290 bits per heavy atom. The molecule has 0 radical (unpaired) electrons. The van der Waals surface area contributed by atoms with E-state index in [1.54, 1.807) is 0 Å². The Morgan fingerprint density at radius 3 is 0.890 bits per heavy atom. The average molecular weight is 1450 g/mol. The molecular formula is C81H144O17P2. The van der Waals surface area contributed by atoms with Gasteiger partial charge in [-0.1, -0.05) is 293 Å². The fourth-order valence-electron chi connectivity index (χ4n) is 10.7. The fourth-order valence-corrected chi connectivity index (χ4v) is 12.3. The molecule has 0 aromatic carbocycles. The van der Waals surface area contributed by atoms with Crippen molar-refractivity contribution in [3.8, 4) is 0 Å². The Kier molecular flexibility index (Phi) is 70.8. The molecule has 0 rings (SSSR count). The molecule has 0 spiro atoms. The summed E-state index contributed by atoms with van der Waals surface area (Å²) in [7, 11) is -9.96. The number of hydrogen-bond acceptors (Lipinski definition) is 15. The van der Waals surface area contributed by atoms with Gasteiger partial charge in [-0.25, -0.2) is 9.13 Å². The quantitative estimate of drug-likeness (QED) is 0.0128. The number of carbonyl (C=O) groups excluding carboxylic acids is 4. The number of hydrogen-bond donors (Lipinski definition) is 3. The van der Waals surface area contributed by atoms with Gasteiger partial charge in [0.15, 0.2) is 12.2 Å². The van der Waals surface area contributed by atoms with Crippen LogP contribution in [0.1, 0.15) is 349 Å². The Bertz CT molecular complexity index is 2230. The lowest BCUT2D eigenvalue weighted by Crippen LogP contribution is -2.30. The van der Waals surface area contributed by atoms with E-state index in [1.807, 2.05) is 12.2 Å². The molecule has 3 N–H and O–H groups in total. The highest BCUT2D eigenvalue weighted by Gasteiger charge is 2.30. The topological polar surface area (TPSA) is 237 Å². The van der Waals surface area contributed by atoms with Crippen molar-refractivity contribution in [2.45, 2.75) is 367 Å². The third kappa shape index (κ3) is 72.6. The number of esters is 4. The van der Waals surface area contributed by atoms with Gasteiger partial charge < -0.3 is 33.8 Å². The fraction of sp³-hybridized carbons (Fsp3) is 0.778. The first-order valence-electron chi connectivity index (χ1n) is 39.8. The maximum absolute atomic E-state index is 13.1. The van der Waals surface area contributed by atoms with Gasteiger partial charge in [-0.05, 0) is 116 Å². The third-order valence-corrected chi connectivity index (χ3v) is 18.8. The predicted molar refractivity (Wildman–Crippen MR) is 409 cm³/mol. The Labute approximate surface area is 608 Å². The molecular weight excluding hydrogens is 1310 g/mol. The molecule has 17 nitrogen and oxygen atoms in total. The van der Waals surface area contributed by atoms with Crippen LogP contribution in [-0.4, -0.2) is 96.7 Å². The molecule has 0 aliphatic rings. The summed E-state index contributed by atoms with van der Waals surface area (Å²) in [5, 5.41) is 10.6. The molecule has 0 aromatic heterocycles. The lowest BCUT2D eigenvalue weighted by molar-refractivity contribution is -0.161. The highest BCUT2D eigenvalue weighted by molar-refractivity contribution is 7.47. The number of aliphatic hydroxyl groups excluding tert-OH is 1. The molecule has 0 bridgehead atoms. The summed E-state index contributed by atoms with van der Waals surface area (Å²) in [5.41, 5.74) is 0.